The third-order valence-corrected chi connectivity index (χ3v) is 3.16. The number of hydrogen-bond acceptors (Lipinski definition) is 4. The molecule has 0 saturated carbocycles. The molecule has 1 heterocycles. The summed E-state index contributed by atoms with van der Waals surface area (Å²) in [5, 5.41) is 5.46. The van der Waals surface area contributed by atoms with Gasteiger partial charge in [0.05, 0.1) is 17.8 Å². The van der Waals surface area contributed by atoms with Crippen molar-refractivity contribution >= 4 is 11.3 Å². The van der Waals surface area contributed by atoms with Crippen LogP contribution in [0.1, 0.15) is 16.8 Å². The zero-order valence-electron chi connectivity index (χ0n) is 9.85. The van der Waals surface area contributed by atoms with Crippen molar-refractivity contribution in [1.82, 2.24) is 10.3 Å². The number of nitrogens with one attached hydrogen (secondary N) is 1. The van der Waals surface area contributed by atoms with Crippen LogP contribution in [0.3, 0.4) is 0 Å². The smallest absolute Gasteiger partial charge is 0.0795 e. The summed E-state index contributed by atoms with van der Waals surface area (Å²) in [6, 6.07) is 8.32. The standard InChI is InChI=1S/C13H16N2OS/c1-16-8-12-5-3-2-4-11(12)6-14-7-13-9-17-10-15-13/h2-5,9-10,14H,6-8H2,1H3. The van der Waals surface area contributed by atoms with Crippen LogP contribution < -0.4 is 5.32 Å². The summed E-state index contributed by atoms with van der Waals surface area (Å²) in [4.78, 5) is 4.24. The number of aromatic nitrogens is 1. The van der Waals surface area contributed by atoms with Gasteiger partial charge in [0.15, 0.2) is 0 Å². The molecule has 0 aliphatic carbocycles. The van der Waals surface area contributed by atoms with Crippen LogP contribution in [-0.4, -0.2) is 12.1 Å². The van der Waals surface area contributed by atoms with Crippen molar-refractivity contribution in [2.75, 3.05) is 7.11 Å². The van der Waals surface area contributed by atoms with E-state index >= 15 is 0 Å². The van der Waals surface area contributed by atoms with Gasteiger partial charge in [-0.1, -0.05) is 24.3 Å². The Morgan fingerprint density at radius 2 is 2.06 bits per heavy atom. The molecule has 0 unspecified atom stereocenters. The Balaban J connectivity index is 1.89. The van der Waals surface area contributed by atoms with E-state index in [1.54, 1.807) is 18.4 Å². The normalized spacial score (nSPS) is 10.6. The number of benzene rings is 1. The molecule has 0 aliphatic rings. The maximum atomic E-state index is 5.18. The van der Waals surface area contributed by atoms with Gasteiger partial charge in [0.2, 0.25) is 0 Å². The molecule has 1 N–H and O–H groups in total. The van der Waals surface area contributed by atoms with Crippen molar-refractivity contribution in [3.63, 3.8) is 0 Å². The van der Waals surface area contributed by atoms with Crippen molar-refractivity contribution in [2.24, 2.45) is 0 Å². The minimum atomic E-state index is 0.661. The molecule has 0 atom stereocenters. The average Bonchev–Trinajstić information content (AvgIpc) is 2.85. The fourth-order valence-electron chi connectivity index (χ4n) is 1.68. The first-order valence-corrected chi connectivity index (χ1v) is 6.48. The topological polar surface area (TPSA) is 34.1 Å². The predicted molar refractivity (Wildman–Crippen MR) is 69.8 cm³/mol. The molecule has 90 valence electrons. The van der Waals surface area contributed by atoms with Crippen LogP contribution in [0.2, 0.25) is 0 Å². The van der Waals surface area contributed by atoms with Crippen molar-refractivity contribution < 1.29 is 4.74 Å². The number of methoxy groups -OCH3 is 1. The number of rotatable bonds is 6. The Hall–Kier alpha value is -1.23. The summed E-state index contributed by atoms with van der Waals surface area (Å²) < 4.78 is 5.18. The van der Waals surface area contributed by atoms with Crippen LogP contribution in [0.4, 0.5) is 0 Å². The SMILES string of the molecule is COCc1ccccc1CNCc1cscn1. The summed E-state index contributed by atoms with van der Waals surface area (Å²) in [5.74, 6) is 0. The summed E-state index contributed by atoms with van der Waals surface area (Å²) in [6.07, 6.45) is 0. The van der Waals surface area contributed by atoms with Crippen molar-refractivity contribution in [2.45, 2.75) is 19.7 Å². The molecule has 17 heavy (non-hydrogen) atoms. The zero-order chi connectivity index (χ0) is 11.9. The monoisotopic (exact) mass is 248 g/mol. The average molecular weight is 248 g/mol. The van der Waals surface area contributed by atoms with Crippen molar-refractivity contribution in [1.29, 1.82) is 0 Å². The first-order valence-electron chi connectivity index (χ1n) is 5.53. The van der Waals surface area contributed by atoms with Gasteiger partial charge in [-0.15, -0.1) is 11.3 Å². The lowest BCUT2D eigenvalue weighted by molar-refractivity contribution is 0.184. The highest BCUT2D eigenvalue weighted by molar-refractivity contribution is 7.07. The van der Waals surface area contributed by atoms with Crippen LogP contribution in [0, 0.1) is 0 Å². The van der Waals surface area contributed by atoms with Gasteiger partial charge in [-0.3, -0.25) is 0 Å². The fourth-order valence-corrected chi connectivity index (χ4v) is 2.23. The second kappa shape index (κ2) is 6.49. The Labute approximate surface area is 105 Å². The van der Waals surface area contributed by atoms with Gasteiger partial charge >= 0.3 is 0 Å². The molecular formula is C13H16N2OS. The quantitative estimate of drug-likeness (QED) is 0.853. The van der Waals surface area contributed by atoms with E-state index < -0.39 is 0 Å². The first-order chi connectivity index (χ1) is 8.40. The molecule has 0 saturated heterocycles. The molecule has 0 amide bonds. The second-order valence-corrected chi connectivity index (χ2v) is 4.50. The van der Waals surface area contributed by atoms with Crippen LogP contribution in [0.15, 0.2) is 35.2 Å². The number of thiazole rings is 1. The van der Waals surface area contributed by atoms with Crippen molar-refractivity contribution in [3.8, 4) is 0 Å². The molecule has 0 bridgehead atoms. The van der Waals surface area contributed by atoms with Crippen molar-refractivity contribution in [3.05, 3.63) is 52.0 Å². The van der Waals surface area contributed by atoms with Crippen LogP contribution in [0.5, 0.6) is 0 Å². The lowest BCUT2D eigenvalue weighted by Crippen LogP contribution is -2.14. The zero-order valence-corrected chi connectivity index (χ0v) is 10.7. The van der Waals surface area contributed by atoms with E-state index in [2.05, 4.69) is 33.9 Å². The second-order valence-electron chi connectivity index (χ2n) is 3.79. The van der Waals surface area contributed by atoms with Gasteiger partial charge in [-0.05, 0) is 11.1 Å². The van der Waals surface area contributed by atoms with E-state index in [0.29, 0.717) is 6.61 Å². The minimum Gasteiger partial charge on any atom is -0.380 e. The highest BCUT2D eigenvalue weighted by atomic mass is 32.1. The number of nitrogens with zero attached hydrogens (tertiary/aromatic N) is 1. The predicted octanol–water partition coefficient (Wildman–Crippen LogP) is 2.58. The largest absolute Gasteiger partial charge is 0.380 e. The molecule has 1 aromatic carbocycles. The Morgan fingerprint density at radius 1 is 1.24 bits per heavy atom. The molecular weight excluding hydrogens is 232 g/mol. The maximum Gasteiger partial charge on any atom is 0.0795 e. The van der Waals surface area contributed by atoms with Gasteiger partial charge in [0, 0.05) is 25.6 Å². The molecule has 0 aliphatic heterocycles. The summed E-state index contributed by atoms with van der Waals surface area (Å²) in [7, 11) is 1.72. The van der Waals surface area contributed by atoms with Gasteiger partial charge in [0.1, 0.15) is 0 Å². The van der Waals surface area contributed by atoms with Gasteiger partial charge in [-0.2, -0.15) is 0 Å². The lowest BCUT2D eigenvalue weighted by Gasteiger charge is -2.09. The Bertz CT molecular complexity index is 442. The molecule has 3 nitrogen and oxygen atoms in total. The van der Waals surface area contributed by atoms with E-state index in [9.17, 15) is 0 Å². The highest BCUT2D eigenvalue weighted by Gasteiger charge is 2.01. The van der Waals surface area contributed by atoms with E-state index in [0.717, 1.165) is 18.8 Å². The fraction of sp³-hybridized carbons (Fsp3) is 0.308. The molecule has 4 heteroatoms. The molecule has 0 radical (unpaired) electrons. The Morgan fingerprint density at radius 3 is 2.76 bits per heavy atom. The third-order valence-electron chi connectivity index (χ3n) is 2.52. The highest BCUT2D eigenvalue weighted by Crippen LogP contribution is 2.10. The lowest BCUT2D eigenvalue weighted by atomic mass is 10.1. The van der Waals surface area contributed by atoms with E-state index in [4.69, 9.17) is 4.74 Å². The third kappa shape index (κ3) is 3.63. The van der Waals surface area contributed by atoms with Crippen LogP contribution in [0.25, 0.3) is 0 Å². The summed E-state index contributed by atoms with van der Waals surface area (Å²) in [6.45, 7) is 2.32. The number of hydrogen-bond donors (Lipinski definition) is 1. The minimum absolute atomic E-state index is 0.661. The maximum absolute atomic E-state index is 5.18. The number of ether oxygens (including phenoxy) is 1. The van der Waals surface area contributed by atoms with E-state index in [-0.39, 0.29) is 0 Å². The van der Waals surface area contributed by atoms with Gasteiger partial charge in [0.25, 0.3) is 0 Å². The first kappa shape index (κ1) is 12.2. The van der Waals surface area contributed by atoms with Gasteiger partial charge < -0.3 is 10.1 Å². The van der Waals surface area contributed by atoms with E-state index in [1.165, 1.54) is 11.1 Å². The molecule has 2 aromatic rings. The molecule has 1 aromatic heterocycles. The molecule has 2 rings (SSSR count). The summed E-state index contributed by atoms with van der Waals surface area (Å²) in [5.41, 5.74) is 5.47. The van der Waals surface area contributed by atoms with Crippen LogP contribution >= 0.6 is 11.3 Å². The molecule has 0 fully saturated rings. The van der Waals surface area contributed by atoms with Crippen LogP contribution in [-0.2, 0) is 24.4 Å². The Kier molecular flexibility index (Phi) is 4.67. The van der Waals surface area contributed by atoms with E-state index in [1.807, 2.05) is 11.6 Å². The van der Waals surface area contributed by atoms with Gasteiger partial charge in [-0.25, -0.2) is 4.98 Å². The molecule has 0 spiro atoms. The summed E-state index contributed by atoms with van der Waals surface area (Å²) >= 11 is 1.63.